The van der Waals surface area contributed by atoms with Gasteiger partial charge in [-0.25, -0.2) is 0 Å². The highest BCUT2D eigenvalue weighted by atomic mass is 16.5. The van der Waals surface area contributed by atoms with E-state index in [1.165, 1.54) is 6.33 Å². The maximum Gasteiger partial charge on any atom is 0.322 e. The predicted molar refractivity (Wildman–Crippen MR) is 60.6 cm³/mol. The molecule has 1 rings (SSSR count). The molecule has 0 spiro atoms. The highest BCUT2D eigenvalue weighted by molar-refractivity contribution is 4.99. The smallest absolute Gasteiger partial charge is 0.322 e. The Bertz CT molecular complexity index is 269. The van der Waals surface area contributed by atoms with Gasteiger partial charge in [-0.05, 0) is 12.8 Å². The first-order valence-electron chi connectivity index (χ1n) is 5.81. The molecule has 0 aliphatic heterocycles. The Morgan fingerprint density at radius 2 is 1.44 bits per heavy atom. The van der Waals surface area contributed by atoms with E-state index in [0.29, 0.717) is 25.2 Å². The van der Waals surface area contributed by atoms with Gasteiger partial charge in [0.2, 0.25) is 0 Å². The molecular weight excluding hydrogens is 206 g/mol. The molecule has 1 heterocycles. The Morgan fingerprint density at radius 1 is 0.938 bits per heavy atom. The molecule has 0 N–H and O–H groups in total. The molecule has 16 heavy (non-hydrogen) atoms. The lowest BCUT2D eigenvalue weighted by Crippen LogP contribution is -2.05. The standard InChI is InChI=1S/C11H19N3O2/c1-3-5-7-15-10-12-9-13-11(14-10)16-8-6-4-2/h9H,3-8H2,1-2H3. The van der Waals surface area contributed by atoms with Crippen molar-refractivity contribution in [3.05, 3.63) is 6.33 Å². The number of unbranched alkanes of at least 4 members (excludes halogenated alkanes) is 2. The average Bonchev–Trinajstić information content (AvgIpc) is 2.30. The van der Waals surface area contributed by atoms with Crippen molar-refractivity contribution in [2.24, 2.45) is 0 Å². The molecule has 0 aliphatic carbocycles. The van der Waals surface area contributed by atoms with Gasteiger partial charge in [0.05, 0.1) is 13.2 Å². The predicted octanol–water partition coefficient (Wildman–Crippen LogP) is 2.23. The molecule has 0 amide bonds. The molecule has 1 aromatic heterocycles. The van der Waals surface area contributed by atoms with Gasteiger partial charge in [0, 0.05) is 0 Å². The normalized spacial score (nSPS) is 10.1. The van der Waals surface area contributed by atoms with Crippen LogP contribution in [0.2, 0.25) is 0 Å². The summed E-state index contributed by atoms with van der Waals surface area (Å²) in [4.78, 5) is 11.9. The van der Waals surface area contributed by atoms with E-state index >= 15 is 0 Å². The molecule has 0 radical (unpaired) electrons. The van der Waals surface area contributed by atoms with Crippen molar-refractivity contribution in [3.8, 4) is 12.0 Å². The van der Waals surface area contributed by atoms with Crippen LogP contribution in [0.3, 0.4) is 0 Å². The highest BCUT2D eigenvalue weighted by Crippen LogP contribution is 2.07. The van der Waals surface area contributed by atoms with Gasteiger partial charge in [-0.3, -0.25) is 0 Å². The van der Waals surface area contributed by atoms with Crippen molar-refractivity contribution in [1.29, 1.82) is 0 Å². The summed E-state index contributed by atoms with van der Waals surface area (Å²) >= 11 is 0. The molecule has 90 valence electrons. The Labute approximate surface area is 96.2 Å². The minimum Gasteiger partial charge on any atom is -0.463 e. The van der Waals surface area contributed by atoms with E-state index in [1.54, 1.807) is 0 Å². The molecule has 0 aliphatic rings. The third-order valence-corrected chi connectivity index (χ3v) is 1.99. The van der Waals surface area contributed by atoms with Crippen molar-refractivity contribution in [1.82, 2.24) is 15.0 Å². The maximum atomic E-state index is 5.35. The summed E-state index contributed by atoms with van der Waals surface area (Å²) in [6.45, 7) is 5.48. The Balaban J connectivity index is 2.37. The van der Waals surface area contributed by atoms with Crippen molar-refractivity contribution < 1.29 is 9.47 Å². The summed E-state index contributed by atoms with van der Waals surface area (Å²) in [5, 5.41) is 0. The van der Waals surface area contributed by atoms with Gasteiger partial charge in [0.25, 0.3) is 0 Å². The molecule has 0 bridgehead atoms. The lowest BCUT2D eigenvalue weighted by atomic mass is 10.4. The lowest BCUT2D eigenvalue weighted by molar-refractivity contribution is 0.255. The van der Waals surface area contributed by atoms with Crippen LogP contribution in [-0.4, -0.2) is 28.2 Å². The number of hydrogen-bond donors (Lipinski definition) is 0. The van der Waals surface area contributed by atoms with Gasteiger partial charge in [-0.1, -0.05) is 26.7 Å². The number of rotatable bonds is 8. The highest BCUT2D eigenvalue weighted by Gasteiger charge is 2.02. The van der Waals surface area contributed by atoms with Crippen molar-refractivity contribution in [2.75, 3.05) is 13.2 Å². The second kappa shape index (κ2) is 7.84. The van der Waals surface area contributed by atoms with Crippen LogP contribution in [0.5, 0.6) is 12.0 Å². The molecule has 5 nitrogen and oxygen atoms in total. The Kier molecular flexibility index (Phi) is 6.22. The summed E-state index contributed by atoms with van der Waals surface area (Å²) in [6.07, 6.45) is 5.58. The fourth-order valence-corrected chi connectivity index (χ4v) is 1.02. The second-order valence-electron chi connectivity index (χ2n) is 3.45. The Morgan fingerprint density at radius 3 is 1.88 bits per heavy atom. The van der Waals surface area contributed by atoms with Gasteiger partial charge in [-0.2, -0.15) is 9.97 Å². The summed E-state index contributed by atoms with van der Waals surface area (Å²) in [5.74, 6) is 0. The zero-order chi connectivity index (χ0) is 11.6. The summed E-state index contributed by atoms with van der Waals surface area (Å²) in [5.41, 5.74) is 0. The third-order valence-electron chi connectivity index (χ3n) is 1.99. The molecule has 1 aromatic rings. The summed E-state index contributed by atoms with van der Waals surface area (Å²) < 4.78 is 10.7. The first-order chi connectivity index (χ1) is 7.86. The van der Waals surface area contributed by atoms with E-state index in [9.17, 15) is 0 Å². The van der Waals surface area contributed by atoms with Crippen molar-refractivity contribution >= 4 is 0 Å². The van der Waals surface area contributed by atoms with E-state index in [0.717, 1.165) is 25.7 Å². The minimum absolute atomic E-state index is 0.343. The van der Waals surface area contributed by atoms with Crippen molar-refractivity contribution in [3.63, 3.8) is 0 Å². The zero-order valence-electron chi connectivity index (χ0n) is 9.98. The van der Waals surface area contributed by atoms with E-state index in [1.807, 2.05) is 0 Å². The van der Waals surface area contributed by atoms with Crippen molar-refractivity contribution in [2.45, 2.75) is 39.5 Å². The zero-order valence-corrected chi connectivity index (χ0v) is 9.98. The van der Waals surface area contributed by atoms with Crippen LogP contribution in [0.1, 0.15) is 39.5 Å². The number of aromatic nitrogens is 3. The van der Waals surface area contributed by atoms with Crippen LogP contribution in [-0.2, 0) is 0 Å². The first kappa shape index (κ1) is 12.7. The van der Waals surface area contributed by atoms with E-state index in [-0.39, 0.29) is 0 Å². The van der Waals surface area contributed by atoms with Crippen LogP contribution >= 0.6 is 0 Å². The number of nitrogens with zero attached hydrogens (tertiary/aromatic N) is 3. The van der Waals surface area contributed by atoms with Gasteiger partial charge >= 0.3 is 12.0 Å². The fourth-order valence-electron chi connectivity index (χ4n) is 1.02. The fraction of sp³-hybridized carbons (Fsp3) is 0.727. The van der Waals surface area contributed by atoms with Gasteiger partial charge in [0.15, 0.2) is 0 Å². The van der Waals surface area contributed by atoms with Crippen LogP contribution in [0, 0.1) is 0 Å². The SMILES string of the molecule is CCCCOc1ncnc(OCCCC)n1. The summed E-state index contributed by atoms with van der Waals surface area (Å²) in [7, 11) is 0. The molecule has 0 saturated carbocycles. The average molecular weight is 225 g/mol. The van der Waals surface area contributed by atoms with Crippen LogP contribution in [0.15, 0.2) is 6.33 Å². The van der Waals surface area contributed by atoms with Crippen LogP contribution < -0.4 is 9.47 Å². The molecule has 0 fully saturated rings. The number of ether oxygens (including phenoxy) is 2. The summed E-state index contributed by atoms with van der Waals surface area (Å²) in [6, 6.07) is 0.685. The first-order valence-corrected chi connectivity index (χ1v) is 5.81. The monoisotopic (exact) mass is 225 g/mol. The minimum atomic E-state index is 0.343. The molecular formula is C11H19N3O2. The molecule has 0 aromatic carbocycles. The quantitative estimate of drug-likeness (QED) is 0.635. The molecule has 5 heteroatoms. The maximum absolute atomic E-state index is 5.35. The molecule has 0 atom stereocenters. The third kappa shape index (κ3) is 4.91. The lowest BCUT2D eigenvalue weighted by Gasteiger charge is -2.05. The molecule has 0 unspecified atom stereocenters. The topological polar surface area (TPSA) is 57.1 Å². The van der Waals surface area contributed by atoms with Gasteiger partial charge in [-0.15, -0.1) is 4.98 Å². The van der Waals surface area contributed by atoms with E-state index < -0.39 is 0 Å². The van der Waals surface area contributed by atoms with Gasteiger partial charge < -0.3 is 9.47 Å². The van der Waals surface area contributed by atoms with Crippen LogP contribution in [0.25, 0.3) is 0 Å². The Hall–Kier alpha value is -1.39. The van der Waals surface area contributed by atoms with Gasteiger partial charge in [0.1, 0.15) is 6.33 Å². The van der Waals surface area contributed by atoms with E-state index in [4.69, 9.17) is 9.47 Å². The number of hydrogen-bond acceptors (Lipinski definition) is 5. The van der Waals surface area contributed by atoms with E-state index in [2.05, 4.69) is 28.8 Å². The largest absolute Gasteiger partial charge is 0.463 e. The second-order valence-corrected chi connectivity index (χ2v) is 3.45. The molecule has 0 saturated heterocycles. The van der Waals surface area contributed by atoms with Crippen LogP contribution in [0.4, 0.5) is 0 Å².